The minimum atomic E-state index is -5.31. The van der Waals surface area contributed by atoms with Crippen LogP contribution in [0.15, 0.2) is 39.5 Å². The van der Waals surface area contributed by atoms with Crippen LogP contribution in [0.25, 0.3) is 22.3 Å². The van der Waals surface area contributed by atoms with Crippen molar-refractivity contribution in [2.24, 2.45) is 0 Å². The van der Waals surface area contributed by atoms with E-state index in [1.807, 2.05) is 0 Å². The molecule has 17 heteroatoms. The van der Waals surface area contributed by atoms with E-state index in [9.17, 15) is 43.5 Å². The van der Waals surface area contributed by atoms with Crippen LogP contribution < -0.4 is 19.6 Å². The first kappa shape index (κ1) is 28.9. The van der Waals surface area contributed by atoms with E-state index >= 15 is 0 Å². The summed E-state index contributed by atoms with van der Waals surface area (Å²) in [5.74, 6) is -3.14. The Labute approximate surface area is 224 Å². The van der Waals surface area contributed by atoms with Crippen molar-refractivity contribution in [1.82, 2.24) is 0 Å². The molecule has 1 aliphatic heterocycles. The van der Waals surface area contributed by atoms with Crippen molar-refractivity contribution >= 4 is 27.3 Å². The van der Waals surface area contributed by atoms with E-state index in [1.54, 1.807) is 0 Å². The number of hydrogen-bond acceptors (Lipinski definition) is 15. The van der Waals surface area contributed by atoms with Crippen molar-refractivity contribution in [3.05, 3.63) is 40.6 Å². The molecule has 4 rings (SSSR count). The van der Waals surface area contributed by atoms with E-state index in [4.69, 9.17) is 27.9 Å². The highest BCUT2D eigenvalue weighted by Crippen LogP contribution is 2.41. The Morgan fingerprint density at radius 2 is 1.55 bits per heavy atom. The number of aliphatic hydroxyl groups excluding tert-OH is 3. The van der Waals surface area contributed by atoms with Crippen molar-refractivity contribution in [2.45, 2.75) is 30.7 Å². The summed E-state index contributed by atoms with van der Waals surface area (Å²) in [6, 6.07) is 5.78. The van der Waals surface area contributed by atoms with E-state index in [0.29, 0.717) is 0 Å². The van der Waals surface area contributed by atoms with Crippen LogP contribution >= 0.6 is 0 Å². The van der Waals surface area contributed by atoms with Gasteiger partial charge in [-0.2, -0.15) is 8.42 Å². The fourth-order valence-corrected chi connectivity index (χ4v) is 4.22. The summed E-state index contributed by atoms with van der Waals surface area (Å²) in [6.07, 6.45) is -10.5. The van der Waals surface area contributed by atoms with Crippen LogP contribution in [-0.4, -0.2) is 89.4 Å². The number of rotatable bonds is 7. The van der Waals surface area contributed by atoms with Gasteiger partial charge in [0.15, 0.2) is 23.0 Å². The van der Waals surface area contributed by atoms with Gasteiger partial charge in [-0.25, -0.2) is 4.79 Å². The molecule has 6 N–H and O–H groups in total. The second-order valence-electron chi connectivity index (χ2n) is 8.36. The van der Waals surface area contributed by atoms with Crippen LogP contribution in [0.2, 0.25) is 0 Å². The average molecular weight is 586 g/mol. The number of aromatic hydroxyl groups is 2. The minimum absolute atomic E-state index is 0.00304. The van der Waals surface area contributed by atoms with Gasteiger partial charge in [0.05, 0.1) is 14.2 Å². The van der Waals surface area contributed by atoms with Crippen LogP contribution in [0.1, 0.15) is 0 Å². The van der Waals surface area contributed by atoms with Gasteiger partial charge in [-0.15, -0.1) is 0 Å². The third-order valence-corrected chi connectivity index (χ3v) is 6.16. The maximum atomic E-state index is 12.8. The molecule has 0 unspecified atom stereocenters. The molecule has 1 saturated heterocycles. The van der Waals surface area contributed by atoms with Gasteiger partial charge in [-0.1, -0.05) is 0 Å². The first-order chi connectivity index (χ1) is 18.7. The summed E-state index contributed by atoms with van der Waals surface area (Å²) in [4.78, 5) is 24.8. The number of ether oxygens (including phenoxy) is 4. The minimum Gasteiger partial charge on any atom is -0.507 e. The summed E-state index contributed by atoms with van der Waals surface area (Å²) < 4.78 is 60.6. The molecule has 0 aliphatic carbocycles. The lowest BCUT2D eigenvalue weighted by Gasteiger charge is -2.38. The fourth-order valence-electron chi connectivity index (χ4n) is 3.91. The fraction of sp³-hybridized carbons (Fsp3) is 0.304. The number of benzene rings is 2. The maximum Gasteiger partial charge on any atom is 0.449 e. The van der Waals surface area contributed by atoms with E-state index in [-0.39, 0.29) is 45.3 Å². The number of carbonyl (C=O) groups excluding carboxylic acids is 1. The van der Waals surface area contributed by atoms with Crippen molar-refractivity contribution in [2.75, 3.05) is 14.2 Å². The first-order valence-corrected chi connectivity index (χ1v) is 12.4. The zero-order valence-corrected chi connectivity index (χ0v) is 21.3. The molecule has 5 atom stereocenters. The van der Waals surface area contributed by atoms with Gasteiger partial charge >= 0.3 is 16.4 Å². The molecule has 216 valence electrons. The molecular weight excluding hydrogens is 564 g/mol. The predicted octanol–water partition coefficient (Wildman–Crippen LogP) is -0.579. The number of hydrogen-bond donors (Lipinski definition) is 6. The van der Waals surface area contributed by atoms with Crippen molar-refractivity contribution in [3.63, 3.8) is 0 Å². The van der Waals surface area contributed by atoms with Crippen LogP contribution in [-0.2, 0) is 24.1 Å². The van der Waals surface area contributed by atoms with E-state index in [2.05, 4.69) is 4.18 Å². The number of aliphatic hydroxyl groups is 3. The third-order valence-electron chi connectivity index (χ3n) is 5.79. The molecule has 16 nitrogen and oxygen atoms in total. The molecule has 40 heavy (non-hydrogen) atoms. The van der Waals surface area contributed by atoms with Crippen molar-refractivity contribution < 1.29 is 70.8 Å². The molecule has 3 aromatic rings. The smallest absolute Gasteiger partial charge is 0.449 e. The quantitative estimate of drug-likeness (QED) is 0.189. The van der Waals surface area contributed by atoms with Crippen molar-refractivity contribution in [3.8, 4) is 40.1 Å². The van der Waals surface area contributed by atoms with Gasteiger partial charge in [0.1, 0.15) is 46.5 Å². The Morgan fingerprint density at radius 3 is 2.12 bits per heavy atom. The van der Waals surface area contributed by atoms with Crippen LogP contribution in [0.3, 0.4) is 0 Å². The molecule has 0 spiro atoms. The summed E-state index contributed by atoms with van der Waals surface area (Å²) in [5, 5.41) is 50.8. The standard InChI is InChI=1S/C23H22O16S/c1-34-14-3-8(4-15(35-2)17(14)26)12-7-11(25)16-10(24)5-9(6-13(16)37-12)36-23-20(29)18(27)19(28)21(38-23)22(30)39-40(31,32)33/h3-7,18-21,23-24,26-29H,1-2H3,(H,31,32,33)/t18-,19-,20+,21-,23-/m0/s1. The number of carbonyl (C=O) groups is 1. The van der Waals surface area contributed by atoms with Gasteiger partial charge in [0, 0.05) is 23.8 Å². The lowest BCUT2D eigenvalue weighted by Crippen LogP contribution is -2.61. The van der Waals surface area contributed by atoms with Gasteiger partial charge in [0.2, 0.25) is 12.0 Å². The Balaban J connectivity index is 1.72. The molecule has 0 bridgehead atoms. The largest absolute Gasteiger partial charge is 0.507 e. The predicted molar refractivity (Wildman–Crippen MR) is 129 cm³/mol. The molecule has 2 heterocycles. The number of phenolic OH excluding ortho intramolecular Hbond substituents is 2. The number of methoxy groups -OCH3 is 2. The number of fused-ring (bicyclic) bond motifs is 1. The summed E-state index contributed by atoms with van der Waals surface area (Å²) >= 11 is 0. The zero-order chi connectivity index (χ0) is 29.5. The Morgan fingerprint density at radius 1 is 0.925 bits per heavy atom. The Kier molecular flexibility index (Phi) is 7.79. The maximum absolute atomic E-state index is 12.8. The summed E-state index contributed by atoms with van der Waals surface area (Å²) in [7, 11) is -2.72. The highest BCUT2D eigenvalue weighted by atomic mass is 32.3. The lowest BCUT2D eigenvalue weighted by molar-refractivity contribution is -0.270. The molecule has 2 aromatic carbocycles. The number of phenols is 2. The SMILES string of the molecule is COc1cc(-c2cc(=O)c3c(O)cc(O[C@H]4O[C@H](C(=O)OS(=O)(=O)O)[C@@H](O)[C@H](O)[C@H]4O)cc3o2)cc(OC)c1O. The molecule has 0 saturated carbocycles. The van der Waals surface area contributed by atoms with E-state index in [0.717, 1.165) is 18.2 Å². The second-order valence-corrected chi connectivity index (χ2v) is 9.39. The van der Waals surface area contributed by atoms with Crippen LogP contribution in [0, 0.1) is 0 Å². The van der Waals surface area contributed by atoms with Crippen LogP contribution in [0.5, 0.6) is 28.7 Å². The summed E-state index contributed by atoms with van der Waals surface area (Å²) in [6.45, 7) is 0. The van der Waals surface area contributed by atoms with Gasteiger partial charge < -0.3 is 53.1 Å². The second kappa shape index (κ2) is 10.8. The van der Waals surface area contributed by atoms with E-state index in [1.165, 1.54) is 26.4 Å². The monoisotopic (exact) mass is 586 g/mol. The highest BCUT2D eigenvalue weighted by Gasteiger charge is 2.49. The Hall–Kier alpha value is -4.13. The van der Waals surface area contributed by atoms with Gasteiger partial charge in [0.25, 0.3) is 0 Å². The van der Waals surface area contributed by atoms with Gasteiger partial charge in [-0.3, -0.25) is 9.35 Å². The van der Waals surface area contributed by atoms with Crippen LogP contribution in [0.4, 0.5) is 0 Å². The molecule has 0 radical (unpaired) electrons. The Bertz CT molecular complexity index is 1590. The topological polar surface area (TPSA) is 249 Å². The molecule has 0 amide bonds. The molecule has 1 fully saturated rings. The van der Waals surface area contributed by atoms with E-state index < -0.39 is 58.3 Å². The lowest BCUT2D eigenvalue weighted by atomic mass is 9.99. The van der Waals surface area contributed by atoms with Gasteiger partial charge in [-0.05, 0) is 12.1 Å². The summed E-state index contributed by atoms with van der Waals surface area (Å²) in [5.41, 5.74) is -0.691. The molecular formula is C23H22O16S. The zero-order valence-electron chi connectivity index (χ0n) is 20.4. The third kappa shape index (κ3) is 5.60. The highest BCUT2D eigenvalue weighted by molar-refractivity contribution is 7.81. The molecule has 1 aliphatic rings. The molecule has 1 aromatic heterocycles. The first-order valence-electron chi connectivity index (χ1n) is 11.1. The normalized spacial score (nSPS) is 23.0. The average Bonchev–Trinajstić information content (AvgIpc) is 2.87. The van der Waals surface area contributed by atoms with Crippen molar-refractivity contribution in [1.29, 1.82) is 0 Å².